The van der Waals surface area contributed by atoms with Gasteiger partial charge in [-0.15, -0.1) is 0 Å². The summed E-state index contributed by atoms with van der Waals surface area (Å²) in [5.41, 5.74) is 0.277. The summed E-state index contributed by atoms with van der Waals surface area (Å²) in [6.07, 6.45) is 11.1. The number of hydrogen-bond donors (Lipinski definition) is 0. The second-order valence-corrected chi connectivity index (χ2v) is 9.63. The Labute approximate surface area is 207 Å². The van der Waals surface area contributed by atoms with Gasteiger partial charge >= 0.3 is 0 Å². The second-order valence-electron chi connectivity index (χ2n) is 9.63. The number of carbonyl (C=O) groups excluding carboxylic acids is 1. The minimum atomic E-state index is -1.13. The Balaban J connectivity index is 0.000000240. The first kappa shape index (κ1) is 27.9. The number of aromatic carboxylic acids is 1. The van der Waals surface area contributed by atoms with Gasteiger partial charge in [-0.25, -0.2) is 0 Å². The van der Waals surface area contributed by atoms with E-state index in [2.05, 4.69) is 27.7 Å². The highest BCUT2D eigenvalue weighted by Gasteiger charge is 2.24. The molecule has 0 aliphatic carbocycles. The molecule has 3 nitrogen and oxygen atoms in total. The van der Waals surface area contributed by atoms with Crippen LogP contribution in [-0.2, 0) is 0 Å². The van der Waals surface area contributed by atoms with Gasteiger partial charge in [-0.1, -0.05) is 102 Å². The standard InChI is InChI=1S/C16H36N.C15H10O2/c1-5-9-13-17(14-10-6-2,15-11-7-3)16-12-8-4;16-15(17)14-12-7-3-1-5-10(12)9-11-6-2-4-8-13(11)14/h5-16H2,1-4H3;1-9H,(H,16,17)/q+1;/p-1. The molecule has 0 amide bonds. The zero-order chi connectivity index (χ0) is 24.8. The molecule has 3 rings (SSSR count). The molecule has 0 N–H and O–H groups in total. The average molecular weight is 464 g/mol. The van der Waals surface area contributed by atoms with Crippen LogP contribution in [0.1, 0.15) is 89.4 Å². The maximum atomic E-state index is 11.3. The van der Waals surface area contributed by atoms with Crippen molar-refractivity contribution in [3.05, 3.63) is 60.2 Å². The molecular weight excluding hydrogens is 418 g/mol. The molecular formula is C31H45NO2. The summed E-state index contributed by atoms with van der Waals surface area (Å²) >= 11 is 0. The molecule has 0 heterocycles. The highest BCUT2D eigenvalue weighted by Crippen LogP contribution is 2.27. The molecule has 3 aromatic carbocycles. The molecule has 3 aromatic rings. The van der Waals surface area contributed by atoms with Crippen molar-refractivity contribution in [1.82, 2.24) is 0 Å². The number of fused-ring (bicyclic) bond motifs is 2. The first-order valence-electron chi connectivity index (χ1n) is 13.5. The highest BCUT2D eigenvalue weighted by molar-refractivity contribution is 6.15. The average Bonchev–Trinajstić information content (AvgIpc) is 2.86. The molecule has 0 aromatic heterocycles. The predicted molar refractivity (Wildman–Crippen MR) is 145 cm³/mol. The molecule has 0 aliphatic heterocycles. The number of benzene rings is 3. The Hall–Kier alpha value is -2.39. The predicted octanol–water partition coefficient (Wildman–Crippen LogP) is 7.36. The van der Waals surface area contributed by atoms with Gasteiger partial charge in [0.1, 0.15) is 0 Å². The largest absolute Gasteiger partial charge is 0.545 e. The number of rotatable bonds is 13. The van der Waals surface area contributed by atoms with Crippen LogP contribution in [0.4, 0.5) is 0 Å². The van der Waals surface area contributed by atoms with Gasteiger partial charge in [0.2, 0.25) is 0 Å². The third-order valence-corrected chi connectivity index (χ3v) is 6.92. The van der Waals surface area contributed by atoms with Crippen LogP contribution in [0, 0.1) is 0 Å². The lowest BCUT2D eigenvalue weighted by atomic mass is 9.97. The molecule has 0 saturated heterocycles. The first-order chi connectivity index (χ1) is 16.5. The molecule has 0 spiro atoms. The number of hydrogen-bond acceptors (Lipinski definition) is 2. The van der Waals surface area contributed by atoms with E-state index in [0.29, 0.717) is 0 Å². The van der Waals surface area contributed by atoms with Gasteiger partial charge in [0.25, 0.3) is 0 Å². The third kappa shape index (κ3) is 7.84. The molecule has 34 heavy (non-hydrogen) atoms. The van der Waals surface area contributed by atoms with Gasteiger partial charge in [0.05, 0.1) is 32.1 Å². The zero-order valence-electron chi connectivity index (χ0n) is 21.9. The highest BCUT2D eigenvalue weighted by atomic mass is 16.4. The van der Waals surface area contributed by atoms with E-state index in [-0.39, 0.29) is 5.56 Å². The Morgan fingerprint density at radius 1 is 0.647 bits per heavy atom. The molecule has 0 aliphatic rings. The van der Waals surface area contributed by atoms with E-state index >= 15 is 0 Å². The van der Waals surface area contributed by atoms with Crippen LogP contribution in [0.15, 0.2) is 54.6 Å². The fraction of sp³-hybridized carbons (Fsp3) is 0.516. The normalized spacial score (nSPS) is 11.4. The fourth-order valence-electron chi connectivity index (χ4n) is 4.88. The molecule has 0 atom stereocenters. The number of unbranched alkanes of at least 4 members (excludes halogenated alkanes) is 4. The lowest BCUT2D eigenvalue weighted by Crippen LogP contribution is -2.50. The van der Waals surface area contributed by atoms with Crippen molar-refractivity contribution < 1.29 is 14.4 Å². The molecule has 3 heteroatoms. The summed E-state index contributed by atoms with van der Waals surface area (Å²) in [6, 6.07) is 16.9. The Bertz CT molecular complexity index is 919. The zero-order valence-corrected chi connectivity index (χ0v) is 21.9. The van der Waals surface area contributed by atoms with Crippen LogP contribution >= 0.6 is 0 Å². The second kappa shape index (κ2) is 14.8. The quantitative estimate of drug-likeness (QED) is 0.196. The van der Waals surface area contributed by atoms with Gasteiger partial charge in [-0.05, 0) is 53.3 Å². The van der Waals surface area contributed by atoms with E-state index < -0.39 is 5.97 Å². The summed E-state index contributed by atoms with van der Waals surface area (Å²) in [5, 5.41) is 14.6. The molecule has 0 unspecified atom stereocenters. The van der Waals surface area contributed by atoms with Crippen molar-refractivity contribution in [2.75, 3.05) is 26.2 Å². The van der Waals surface area contributed by atoms with E-state index in [1.165, 1.54) is 82.0 Å². The monoisotopic (exact) mass is 463 g/mol. The summed E-state index contributed by atoms with van der Waals surface area (Å²) < 4.78 is 1.42. The number of nitrogens with zero attached hydrogens (tertiary/aromatic N) is 1. The van der Waals surface area contributed by atoms with Crippen molar-refractivity contribution in [3.63, 3.8) is 0 Å². The lowest BCUT2D eigenvalue weighted by Gasteiger charge is -2.39. The smallest absolute Gasteiger partial charge is 0.0786 e. The molecule has 0 saturated carbocycles. The summed E-state index contributed by atoms with van der Waals surface area (Å²) in [4.78, 5) is 11.3. The first-order valence-corrected chi connectivity index (χ1v) is 13.5. The Morgan fingerprint density at radius 2 is 1.00 bits per heavy atom. The van der Waals surface area contributed by atoms with Crippen molar-refractivity contribution >= 4 is 27.5 Å². The van der Waals surface area contributed by atoms with E-state index in [1.54, 1.807) is 0 Å². The van der Waals surface area contributed by atoms with E-state index in [9.17, 15) is 9.90 Å². The van der Waals surface area contributed by atoms with Crippen LogP contribution in [0.25, 0.3) is 21.5 Å². The van der Waals surface area contributed by atoms with Crippen LogP contribution in [0.3, 0.4) is 0 Å². The number of quaternary nitrogens is 1. The fourth-order valence-corrected chi connectivity index (χ4v) is 4.88. The minimum absolute atomic E-state index is 0.277. The number of carbonyl (C=O) groups is 1. The maximum absolute atomic E-state index is 11.3. The van der Waals surface area contributed by atoms with E-state index in [1.807, 2.05) is 54.6 Å². The number of carboxylic acid groups (broad SMARTS) is 1. The van der Waals surface area contributed by atoms with E-state index in [4.69, 9.17) is 0 Å². The van der Waals surface area contributed by atoms with Crippen molar-refractivity contribution in [3.8, 4) is 0 Å². The van der Waals surface area contributed by atoms with Gasteiger partial charge in [0.15, 0.2) is 0 Å². The van der Waals surface area contributed by atoms with Gasteiger partial charge in [0, 0.05) is 5.56 Å². The summed E-state index contributed by atoms with van der Waals surface area (Å²) in [6.45, 7) is 15.0. The van der Waals surface area contributed by atoms with Gasteiger partial charge < -0.3 is 14.4 Å². The van der Waals surface area contributed by atoms with Crippen molar-refractivity contribution in [2.45, 2.75) is 79.1 Å². The van der Waals surface area contributed by atoms with Crippen molar-refractivity contribution in [1.29, 1.82) is 0 Å². The molecule has 186 valence electrons. The summed E-state index contributed by atoms with van der Waals surface area (Å²) in [5.74, 6) is -1.13. The summed E-state index contributed by atoms with van der Waals surface area (Å²) in [7, 11) is 0. The maximum Gasteiger partial charge on any atom is 0.0786 e. The SMILES string of the molecule is CCCC[N+](CCCC)(CCCC)CCCC.O=C([O-])c1c2ccccc2cc2ccccc12. The van der Waals surface area contributed by atoms with Crippen molar-refractivity contribution in [2.24, 2.45) is 0 Å². The Morgan fingerprint density at radius 3 is 1.32 bits per heavy atom. The lowest BCUT2D eigenvalue weighted by molar-refractivity contribution is -0.929. The molecule has 0 fully saturated rings. The van der Waals surface area contributed by atoms with Gasteiger partial charge in [-0.2, -0.15) is 0 Å². The molecule has 0 radical (unpaired) electrons. The molecule has 0 bridgehead atoms. The Kier molecular flexibility index (Phi) is 12.1. The third-order valence-electron chi connectivity index (χ3n) is 6.92. The van der Waals surface area contributed by atoms with E-state index in [0.717, 1.165) is 21.5 Å². The minimum Gasteiger partial charge on any atom is -0.545 e. The van der Waals surface area contributed by atoms with Crippen LogP contribution < -0.4 is 5.11 Å². The van der Waals surface area contributed by atoms with Crippen LogP contribution in [0.2, 0.25) is 0 Å². The van der Waals surface area contributed by atoms with Crippen LogP contribution in [0.5, 0.6) is 0 Å². The number of carboxylic acids is 1. The van der Waals surface area contributed by atoms with Gasteiger partial charge in [-0.3, -0.25) is 0 Å². The van der Waals surface area contributed by atoms with Crippen LogP contribution in [-0.4, -0.2) is 36.6 Å². The topological polar surface area (TPSA) is 40.1 Å².